The van der Waals surface area contributed by atoms with Crippen LogP contribution in [0, 0.1) is 11.3 Å². The number of thioether (sulfide) groups is 1. The Morgan fingerprint density at radius 2 is 1.83 bits per heavy atom. The largest absolute Gasteiger partial charge is 0.408 e. The average Bonchev–Trinajstić information content (AvgIpc) is 3.31. The Balaban J connectivity index is 1.71. The van der Waals surface area contributed by atoms with Gasteiger partial charge in [0.25, 0.3) is 11.1 Å². The van der Waals surface area contributed by atoms with Crippen molar-refractivity contribution >= 4 is 23.5 Å². The molecule has 0 saturated heterocycles. The predicted octanol–water partition coefficient (Wildman–Crippen LogP) is 5.02. The third-order valence-corrected chi connectivity index (χ3v) is 7.54. The summed E-state index contributed by atoms with van der Waals surface area (Å²) in [6, 6.07) is 9.65. The molecule has 1 aromatic carbocycles. The van der Waals surface area contributed by atoms with E-state index in [1.165, 1.54) is 17.3 Å². The van der Waals surface area contributed by atoms with Crippen molar-refractivity contribution in [1.29, 1.82) is 0 Å². The zero-order chi connectivity index (χ0) is 25.3. The van der Waals surface area contributed by atoms with Crippen molar-refractivity contribution in [2.24, 2.45) is 11.3 Å². The number of aryl methyl sites for hydroxylation is 1. The van der Waals surface area contributed by atoms with E-state index in [0.717, 1.165) is 57.2 Å². The fourth-order valence-electron chi connectivity index (χ4n) is 4.69. The van der Waals surface area contributed by atoms with Crippen LogP contribution in [0.1, 0.15) is 75.0 Å². The number of nitrogens with one attached hydrogen (secondary N) is 1. The molecule has 1 aliphatic carbocycles. The lowest BCUT2D eigenvalue weighted by Crippen LogP contribution is -2.50. The Hall–Kier alpha value is -2.19. The number of hydrogen-bond acceptors (Lipinski definition) is 7. The quantitative estimate of drug-likeness (QED) is 0.305. The first kappa shape index (κ1) is 27.4. The molecule has 1 fully saturated rings. The van der Waals surface area contributed by atoms with E-state index in [0.29, 0.717) is 11.6 Å². The fourth-order valence-corrected chi connectivity index (χ4v) is 5.56. The summed E-state index contributed by atoms with van der Waals surface area (Å²) in [6.07, 6.45) is 7.15. The van der Waals surface area contributed by atoms with E-state index in [4.69, 9.17) is 4.42 Å². The fraction of sp³-hybridized carbons (Fsp3) is 0.630. The van der Waals surface area contributed by atoms with Crippen molar-refractivity contribution in [2.75, 3.05) is 26.4 Å². The Labute approximate surface area is 213 Å². The molecule has 1 heterocycles. The number of ketones is 1. The van der Waals surface area contributed by atoms with E-state index < -0.39 is 11.5 Å². The van der Waals surface area contributed by atoms with Crippen molar-refractivity contribution < 1.29 is 14.0 Å². The molecular formula is C27H40N4O3S. The minimum atomic E-state index is -0.668. The summed E-state index contributed by atoms with van der Waals surface area (Å²) in [7, 11) is 4.00. The van der Waals surface area contributed by atoms with Gasteiger partial charge in [-0.1, -0.05) is 75.2 Å². The molecule has 1 amide bonds. The molecule has 3 rings (SSSR count). The zero-order valence-electron chi connectivity index (χ0n) is 21.6. The van der Waals surface area contributed by atoms with Crippen LogP contribution in [0.5, 0.6) is 0 Å². The normalized spacial score (nSPS) is 16.4. The molecule has 35 heavy (non-hydrogen) atoms. The van der Waals surface area contributed by atoms with Gasteiger partial charge in [-0.25, -0.2) is 0 Å². The van der Waals surface area contributed by atoms with E-state index in [2.05, 4.69) is 46.4 Å². The predicted molar refractivity (Wildman–Crippen MR) is 140 cm³/mol. The SMILES string of the molecule is CC(C)CC(NC(=O)C1(CCc2ccccc2)CCCCC1)C(=O)c1nnc(SCCN(C)C)o1. The number of rotatable bonds is 13. The van der Waals surface area contributed by atoms with Crippen LogP contribution in [-0.2, 0) is 11.2 Å². The molecule has 1 atom stereocenters. The monoisotopic (exact) mass is 500 g/mol. The Morgan fingerprint density at radius 1 is 1.11 bits per heavy atom. The zero-order valence-corrected chi connectivity index (χ0v) is 22.4. The second-order valence-corrected chi connectivity index (χ2v) is 11.4. The van der Waals surface area contributed by atoms with Gasteiger partial charge < -0.3 is 14.6 Å². The number of amides is 1. The van der Waals surface area contributed by atoms with Crippen molar-refractivity contribution in [3.8, 4) is 0 Å². The minimum Gasteiger partial charge on any atom is -0.408 e. The minimum absolute atomic E-state index is 0.00720. The van der Waals surface area contributed by atoms with E-state index in [9.17, 15) is 9.59 Å². The lowest BCUT2D eigenvalue weighted by Gasteiger charge is -2.37. The van der Waals surface area contributed by atoms with Crippen LogP contribution in [0.15, 0.2) is 40.0 Å². The molecule has 1 aliphatic rings. The Morgan fingerprint density at radius 3 is 2.49 bits per heavy atom. The maximum Gasteiger partial charge on any atom is 0.286 e. The second-order valence-electron chi connectivity index (χ2n) is 10.4. The van der Waals surface area contributed by atoms with E-state index in [1.54, 1.807) is 0 Å². The van der Waals surface area contributed by atoms with Crippen LogP contribution in [0.2, 0.25) is 0 Å². The van der Waals surface area contributed by atoms with Crippen molar-refractivity contribution in [2.45, 2.75) is 76.5 Å². The lowest BCUT2D eigenvalue weighted by molar-refractivity contribution is -0.134. The molecular weight excluding hydrogens is 460 g/mol. The van der Waals surface area contributed by atoms with Crippen LogP contribution in [-0.4, -0.2) is 59.2 Å². The highest BCUT2D eigenvalue weighted by Gasteiger charge is 2.41. The highest BCUT2D eigenvalue weighted by atomic mass is 32.2. The lowest BCUT2D eigenvalue weighted by atomic mass is 9.69. The number of carbonyl (C=O) groups is 2. The third-order valence-electron chi connectivity index (χ3n) is 6.74. The topological polar surface area (TPSA) is 88.3 Å². The molecule has 1 unspecified atom stereocenters. The number of carbonyl (C=O) groups excluding carboxylic acids is 2. The molecule has 1 N–H and O–H groups in total. The first-order valence-corrected chi connectivity index (χ1v) is 13.8. The molecule has 8 heteroatoms. The van der Waals surface area contributed by atoms with Gasteiger partial charge in [0.05, 0.1) is 6.04 Å². The number of aromatic nitrogens is 2. The van der Waals surface area contributed by atoms with Gasteiger partial charge in [-0.3, -0.25) is 9.59 Å². The van der Waals surface area contributed by atoms with Gasteiger partial charge in [-0.2, -0.15) is 0 Å². The standard InChI is InChI=1S/C27H40N4O3S/c1-20(2)19-22(23(32)24-29-30-26(34-24)35-18-17-31(3)4)28-25(33)27(14-9-6-10-15-27)16-13-21-11-7-5-8-12-21/h5,7-8,11-12,20,22H,6,9-10,13-19H2,1-4H3,(H,28,33). The van der Waals surface area contributed by atoms with Crippen LogP contribution >= 0.6 is 11.8 Å². The van der Waals surface area contributed by atoms with Gasteiger partial charge in [0.15, 0.2) is 0 Å². The summed E-state index contributed by atoms with van der Waals surface area (Å²) in [6.45, 7) is 4.97. The smallest absolute Gasteiger partial charge is 0.286 e. The molecule has 1 aromatic heterocycles. The summed E-state index contributed by atoms with van der Waals surface area (Å²) < 4.78 is 5.67. The van der Waals surface area contributed by atoms with Crippen LogP contribution in [0.25, 0.3) is 0 Å². The van der Waals surface area contributed by atoms with Crippen LogP contribution in [0.4, 0.5) is 0 Å². The molecule has 7 nitrogen and oxygen atoms in total. The summed E-state index contributed by atoms with van der Waals surface area (Å²) in [5, 5.41) is 11.6. The molecule has 0 radical (unpaired) electrons. The third kappa shape index (κ3) is 8.17. The summed E-state index contributed by atoms with van der Waals surface area (Å²) in [5.74, 6) is 0.692. The van der Waals surface area contributed by atoms with Gasteiger partial charge >= 0.3 is 0 Å². The maximum absolute atomic E-state index is 13.7. The molecule has 0 bridgehead atoms. The maximum atomic E-state index is 13.7. The molecule has 192 valence electrons. The Bertz CT molecular complexity index is 939. The van der Waals surface area contributed by atoms with Crippen LogP contribution < -0.4 is 5.32 Å². The first-order valence-electron chi connectivity index (χ1n) is 12.8. The number of Topliss-reactive ketones (excluding diaryl/α,β-unsaturated/α-hetero) is 1. The molecule has 0 aliphatic heterocycles. The van der Waals surface area contributed by atoms with Crippen LogP contribution in [0.3, 0.4) is 0 Å². The number of hydrogen-bond donors (Lipinski definition) is 1. The average molecular weight is 501 g/mol. The van der Waals surface area contributed by atoms with Crippen molar-refractivity contribution in [1.82, 2.24) is 20.4 Å². The summed E-state index contributed by atoms with van der Waals surface area (Å²) in [5.41, 5.74) is 0.802. The Kier molecular flexibility index (Phi) is 10.3. The van der Waals surface area contributed by atoms with E-state index in [1.807, 2.05) is 32.3 Å². The molecule has 0 spiro atoms. The first-order chi connectivity index (χ1) is 16.8. The van der Waals surface area contributed by atoms with Gasteiger partial charge in [0, 0.05) is 17.7 Å². The van der Waals surface area contributed by atoms with Gasteiger partial charge in [-0.15, -0.1) is 10.2 Å². The van der Waals surface area contributed by atoms with E-state index >= 15 is 0 Å². The van der Waals surface area contributed by atoms with Gasteiger partial charge in [-0.05, 0) is 57.7 Å². The molecule has 2 aromatic rings. The van der Waals surface area contributed by atoms with Gasteiger partial charge in [0.2, 0.25) is 11.7 Å². The summed E-state index contributed by atoms with van der Waals surface area (Å²) in [4.78, 5) is 29.2. The number of benzene rings is 1. The summed E-state index contributed by atoms with van der Waals surface area (Å²) >= 11 is 1.43. The van der Waals surface area contributed by atoms with Crippen molar-refractivity contribution in [3.05, 3.63) is 41.8 Å². The highest BCUT2D eigenvalue weighted by molar-refractivity contribution is 7.99. The highest BCUT2D eigenvalue weighted by Crippen LogP contribution is 2.41. The molecule has 1 saturated carbocycles. The second kappa shape index (κ2) is 13.2. The van der Waals surface area contributed by atoms with Gasteiger partial charge in [0.1, 0.15) is 0 Å². The van der Waals surface area contributed by atoms with Crippen molar-refractivity contribution in [3.63, 3.8) is 0 Å². The van der Waals surface area contributed by atoms with E-state index in [-0.39, 0.29) is 23.5 Å². The number of nitrogens with zero attached hydrogens (tertiary/aromatic N) is 3.